The van der Waals surface area contributed by atoms with Crippen molar-refractivity contribution in [3.8, 4) is 22.5 Å². The molecule has 0 unspecified atom stereocenters. The standard InChI is InChI=1S/C25H20Cl2N2O5/c1-28(2)12-5-7-14-18(9-12)34-19-10-13(29(3)4)6-8-15(19)20(14)21-17(26)11-16(24(30)31)23(27)22(21)25(32)33/h5-11H,1-4H3,(H-,30,31,32,33). The zero-order chi connectivity index (χ0) is 24.9. The van der Waals surface area contributed by atoms with Crippen molar-refractivity contribution in [2.45, 2.75) is 0 Å². The molecule has 1 aliphatic carbocycles. The number of aromatic carboxylic acids is 2. The third-order valence-electron chi connectivity index (χ3n) is 5.62. The second kappa shape index (κ2) is 8.66. The Hall–Kier alpha value is -3.55. The van der Waals surface area contributed by atoms with E-state index in [1.54, 1.807) is 0 Å². The number of carboxylic acids is 2. The van der Waals surface area contributed by atoms with Gasteiger partial charge in [0.15, 0.2) is 0 Å². The van der Waals surface area contributed by atoms with Crippen LogP contribution in [0.15, 0.2) is 46.9 Å². The first-order valence-electron chi connectivity index (χ1n) is 10.2. The SMILES string of the molecule is CN(C)c1ccc2c(-c3c(Cl)cc(C(=O)[O-])c(Cl)c3C(=O)O)c3ccc(=[N+](C)C)cc-3oc2c1. The number of anilines is 1. The van der Waals surface area contributed by atoms with Gasteiger partial charge >= 0.3 is 5.97 Å². The lowest BCUT2D eigenvalue weighted by Crippen LogP contribution is -2.23. The highest BCUT2D eigenvalue weighted by Crippen LogP contribution is 2.46. The lowest BCUT2D eigenvalue weighted by Gasteiger charge is -2.21. The first kappa shape index (κ1) is 23.6. The molecule has 9 heteroatoms. The highest BCUT2D eigenvalue weighted by molar-refractivity contribution is 6.41. The van der Waals surface area contributed by atoms with E-state index in [9.17, 15) is 19.8 Å². The van der Waals surface area contributed by atoms with Crippen LogP contribution >= 0.6 is 23.2 Å². The van der Waals surface area contributed by atoms with E-state index in [2.05, 4.69) is 0 Å². The first-order valence-corrected chi connectivity index (χ1v) is 10.9. The molecular formula is C25H20Cl2N2O5. The van der Waals surface area contributed by atoms with Gasteiger partial charge in [-0.15, -0.1) is 0 Å². The summed E-state index contributed by atoms with van der Waals surface area (Å²) in [6, 6.07) is 12.2. The molecule has 4 rings (SSSR count). The summed E-state index contributed by atoms with van der Waals surface area (Å²) in [5, 5.41) is 22.5. The summed E-state index contributed by atoms with van der Waals surface area (Å²) in [5.41, 5.74) is 1.63. The number of hydrogen-bond donors (Lipinski definition) is 1. The van der Waals surface area contributed by atoms with Crippen LogP contribution in [-0.4, -0.2) is 45.2 Å². The van der Waals surface area contributed by atoms with E-state index >= 15 is 0 Å². The average molecular weight is 499 g/mol. The molecule has 174 valence electrons. The average Bonchev–Trinajstić information content (AvgIpc) is 2.77. The number of fused-ring (bicyclic) bond motifs is 2. The number of carboxylic acid groups (broad SMARTS) is 2. The van der Waals surface area contributed by atoms with Crippen molar-refractivity contribution < 1.29 is 24.2 Å². The third kappa shape index (κ3) is 3.87. The minimum atomic E-state index is -1.62. The van der Waals surface area contributed by atoms with E-state index in [1.807, 2.05) is 74.1 Å². The van der Waals surface area contributed by atoms with Gasteiger partial charge in [-0.25, -0.2) is 9.37 Å². The number of hydrogen-bond acceptors (Lipinski definition) is 5. The molecule has 0 fully saturated rings. The Kier molecular flexibility index (Phi) is 6.02. The smallest absolute Gasteiger partial charge is 0.337 e. The van der Waals surface area contributed by atoms with Crippen molar-refractivity contribution in [3.63, 3.8) is 0 Å². The predicted molar refractivity (Wildman–Crippen MR) is 131 cm³/mol. The van der Waals surface area contributed by atoms with Gasteiger partial charge in [-0.1, -0.05) is 23.2 Å². The first-order chi connectivity index (χ1) is 16.0. The summed E-state index contributed by atoms with van der Waals surface area (Å²) < 4.78 is 8.15. The van der Waals surface area contributed by atoms with Crippen molar-refractivity contribution in [2.75, 3.05) is 33.1 Å². The number of rotatable bonds is 4. The Labute approximate surface area is 205 Å². The Bertz CT molecular complexity index is 1530. The number of halogens is 2. The van der Waals surface area contributed by atoms with Gasteiger partial charge in [0, 0.05) is 59.6 Å². The fraction of sp³-hybridized carbons (Fsp3) is 0.160. The molecular weight excluding hydrogens is 479 g/mol. The minimum Gasteiger partial charge on any atom is -0.545 e. The molecule has 0 spiro atoms. The molecule has 2 aromatic rings. The lowest BCUT2D eigenvalue weighted by molar-refractivity contribution is -0.255. The molecule has 1 heterocycles. The zero-order valence-corrected chi connectivity index (χ0v) is 20.3. The Morgan fingerprint density at radius 1 is 1.03 bits per heavy atom. The van der Waals surface area contributed by atoms with Crippen LogP contribution in [0.25, 0.3) is 33.4 Å². The third-order valence-corrected chi connectivity index (χ3v) is 6.31. The molecule has 2 aromatic carbocycles. The zero-order valence-electron chi connectivity index (χ0n) is 18.8. The van der Waals surface area contributed by atoms with Crippen LogP contribution in [0.4, 0.5) is 5.69 Å². The second-order valence-electron chi connectivity index (χ2n) is 8.19. The second-order valence-corrected chi connectivity index (χ2v) is 8.97. The van der Waals surface area contributed by atoms with Gasteiger partial charge in [-0.05, 0) is 24.3 Å². The number of nitrogens with zero attached hydrogens (tertiary/aromatic N) is 2. The maximum absolute atomic E-state index is 12.3. The summed E-state index contributed by atoms with van der Waals surface area (Å²) in [5.74, 6) is -2.54. The van der Waals surface area contributed by atoms with E-state index < -0.39 is 28.1 Å². The summed E-state index contributed by atoms with van der Waals surface area (Å²) in [4.78, 5) is 25.8. The molecule has 7 nitrogen and oxygen atoms in total. The minimum absolute atomic E-state index is 0.0804. The van der Waals surface area contributed by atoms with E-state index in [0.29, 0.717) is 27.9 Å². The maximum atomic E-state index is 12.3. The molecule has 1 aliphatic heterocycles. The van der Waals surface area contributed by atoms with Crippen LogP contribution < -0.4 is 19.9 Å². The Morgan fingerprint density at radius 2 is 1.74 bits per heavy atom. The summed E-state index contributed by atoms with van der Waals surface area (Å²) in [6.07, 6.45) is 0. The van der Waals surface area contributed by atoms with E-state index in [1.165, 1.54) is 0 Å². The van der Waals surface area contributed by atoms with E-state index in [0.717, 1.165) is 17.1 Å². The van der Waals surface area contributed by atoms with Gasteiger partial charge in [0.25, 0.3) is 0 Å². The van der Waals surface area contributed by atoms with Crippen molar-refractivity contribution in [3.05, 3.63) is 69.0 Å². The number of benzene rings is 3. The maximum Gasteiger partial charge on any atom is 0.337 e. The largest absolute Gasteiger partial charge is 0.545 e. The molecule has 0 saturated heterocycles. The van der Waals surface area contributed by atoms with Crippen LogP contribution in [0.3, 0.4) is 0 Å². The van der Waals surface area contributed by atoms with E-state index in [4.69, 9.17) is 27.6 Å². The molecule has 0 amide bonds. The van der Waals surface area contributed by atoms with Crippen molar-refractivity contribution in [2.24, 2.45) is 0 Å². The number of carbonyl (C=O) groups is 2. The quantitative estimate of drug-likeness (QED) is 0.340. The lowest BCUT2D eigenvalue weighted by atomic mass is 9.89. The van der Waals surface area contributed by atoms with Gasteiger partial charge in [0.1, 0.15) is 25.4 Å². The Balaban J connectivity index is 2.26. The summed E-state index contributed by atoms with van der Waals surface area (Å²) in [6.45, 7) is 0. The molecule has 2 aliphatic rings. The van der Waals surface area contributed by atoms with Gasteiger partial charge < -0.3 is 24.3 Å². The molecule has 0 atom stereocenters. The highest BCUT2D eigenvalue weighted by Gasteiger charge is 2.28. The van der Waals surface area contributed by atoms with Gasteiger partial charge in [-0.2, -0.15) is 0 Å². The van der Waals surface area contributed by atoms with Gasteiger partial charge in [0.2, 0.25) is 5.36 Å². The monoisotopic (exact) mass is 498 g/mol. The van der Waals surface area contributed by atoms with Crippen LogP contribution in [0.1, 0.15) is 20.7 Å². The number of carbonyl (C=O) groups excluding carboxylic acids is 1. The molecule has 1 N–H and O–H groups in total. The Morgan fingerprint density at radius 3 is 2.32 bits per heavy atom. The van der Waals surface area contributed by atoms with Crippen LogP contribution in [-0.2, 0) is 0 Å². The summed E-state index contributed by atoms with van der Waals surface area (Å²) in [7, 11) is 7.58. The fourth-order valence-corrected chi connectivity index (χ4v) is 4.52. The fourth-order valence-electron chi connectivity index (χ4n) is 3.91. The van der Waals surface area contributed by atoms with Crippen LogP contribution in [0.2, 0.25) is 10.0 Å². The molecule has 0 radical (unpaired) electrons. The van der Waals surface area contributed by atoms with Crippen LogP contribution in [0, 0.1) is 0 Å². The van der Waals surface area contributed by atoms with Crippen molar-refractivity contribution >= 4 is 51.8 Å². The van der Waals surface area contributed by atoms with E-state index in [-0.39, 0.29) is 10.6 Å². The predicted octanol–water partition coefficient (Wildman–Crippen LogP) is 3.67. The molecule has 34 heavy (non-hydrogen) atoms. The van der Waals surface area contributed by atoms with Crippen LogP contribution in [0.5, 0.6) is 0 Å². The van der Waals surface area contributed by atoms with Gasteiger partial charge in [0.05, 0.1) is 27.6 Å². The molecule has 0 aromatic heterocycles. The highest BCUT2D eigenvalue weighted by atomic mass is 35.5. The summed E-state index contributed by atoms with van der Waals surface area (Å²) >= 11 is 12.8. The molecule has 0 bridgehead atoms. The van der Waals surface area contributed by atoms with Crippen molar-refractivity contribution in [1.82, 2.24) is 4.58 Å². The normalized spacial score (nSPS) is 11.1. The van der Waals surface area contributed by atoms with Crippen molar-refractivity contribution in [1.29, 1.82) is 0 Å². The topological polar surface area (TPSA) is 96.8 Å². The molecule has 0 saturated carbocycles. The van der Waals surface area contributed by atoms with Gasteiger partial charge in [-0.3, -0.25) is 0 Å².